The molecule has 1 heterocycles. The summed E-state index contributed by atoms with van der Waals surface area (Å²) in [5.41, 5.74) is -1.34. The van der Waals surface area contributed by atoms with Gasteiger partial charge in [-0.25, -0.2) is 13.2 Å². The average molecular weight is 271 g/mol. The first kappa shape index (κ1) is 11.6. The van der Waals surface area contributed by atoms with Crippen molar-refractivity contribution in [3.8, 4) is 0 Å². The lowest BCUT2D eigenvalue weighted by molar-refractivity contribution is 0.125. The van der Waals surface area contributed by atoms with Crippen LogP contribution >= 0.6 is 15.9 Å². The van der Waals surface area contributed by atoms with E-state index in [-0.39, 0.29) is 4.60 Å². The van der Waals surface area contributed by atoms with Gasteiger partial charge >= 0.3 is 0 Å². The van der Waals surface area contributed by atoms with Crippen LogP contribution in [0.4, 0.5) is 13.2 Å². The van der Waals surface area contributed by atoms with Crippen molar-refractivity contribution in [2.45, 2.75) is 32.7 Å². The molecule has 0 fully saturated rings. The molecule has 0 radical (unpaired) electrons. The summed E-state index contributed by atoms with van der Waals surface area (Å²) in [7, 11) is 0. The third kappa shape index (κ3) is 1.94. The van der Waals surface area contributed by atoms with Crippen LogP contribution in [-0.2, 0) is 5.54 Å². The molecular formula is C8H10BrF3N2. The van der Waals surface area contributed by atoms with E-state index in [1.165, 1.54) is 0 Å². The van der Waals surface area contributed by atoms with Crippen LogP contribution in [0.1, 0.15) is 32.9 Å². The van der Waals surface area contributed by atoms with E-state index in [1.54, 1.807) is 20.8 Å². The van der Waals surface area contributed by atoms with Gasteiger partial charge in [-0.2, -0.15) is 5.10 Å². The minimum Gasteiger partial charge on any atom is -0.254 e. The number of alkyl halides is 2. The van der Waals surface area contributed by atoms with Gasteiger partial charge in [-0.1, -0.05) is 0 Å². The molecule has 0 aliphatic carbocycles. The van der Waals surface area contributed by atoms with Gasteiger partial charge in [-0.15, -0.1) is 0 Å². The molecule has 6 heteroatoms. The Morgan fingerprint density at radius 2 is 1.86 bits per heavy atom. The van der Waals surface area contributed by atoms with Gasteiger partial charge in [-0.05, 0) is 36.7 Å². The van der Waals surface area contributed by atoms with Crippen molar-refractivity contribution in [2.75, 3.05) is 0 Å². The second-order valence-corrected chi connectivity index (χ2v) is 4.62. The first-order valence-corrected chi connectivity index (χ1v) is 4.77. The molecule has 0 spiro atoms. The Bertz CT molecular complexity index is 341. The highest BCUT2D eigenvalue weighted by atomic mass is 79.9. The van der Waals surface area contributed by atoms with Crippen LogP contribution in [0.5, 0.6) is 0 Å². The molecule has 0 N–H and O–H groups in total. The fraction of sp³-hybridized carbons (Fsp3) is 0.625. The van der Waals surface area contributed by atoms with Crippen molar-refractivity contribution in [3.63, 3.8) is 0 Å². The number of aromatic nitrogens is 2. The van der Waals surface area contributed by atoms with E-state index in [1.807, 2.05) is 0 Å². The zero-order valence-electron chi connectivity index (χ0n) is 7.98. The van der Waals surface area contributed by atoms with Gasteiger partial charge < -0.3 is 0 Å². The summed E-state index contributed by atoms with van der Waals surface area (Å²) in [4.78, 5) is 0. The van der Waals surface area contributed by atoms with Gasteiger partial charge in [0.15, 0.2) is 10.4 Å². The highest BCUT2D eigenvalue weighted by molar-refractivity contribution is 9.10. The van der Waals surface area contributed by atoms with E-state index in [4.69, 9.17) is 0 Å². The molecule has 2 nitrogen and oxygen atoms in total. The molecule has 80 valence electrons. The lowest BCUT2D eigenvalue weighted by atomic mass is 10.1. The third-order valence-corrected chi connectivity index (χ3v) is 2.17. The predicted molar refractivity (Wildman–Crippen MR) is 49.8 cm³/mol. The Labute approximate surface area is 88.2 Å². The number of halogens is 4. The standard InChI is InChI=1S/C8H10BrF3N2/c1-8(2,3)14-5(7(11)12)4(10)6(9)13-14/h7H,1-3H3. The van der Waals surface area contributed by atoms with Crippen molar-refractivity contribution in [1.82, 2.24) is 9.78 Å². The lowest BCUT2D eigenvalue weighted by Crippen LogP contribution is -2.25. The van der Waals surface area contributed by atoms with Gasteiger partial charge in [0.05, 0.1) is 5.54 Å². The average Bonchev–Trinajstić information content (AvgIpc) is 2.27. The predicted octanol–water partition coefficient (Wildman–Crippen LogP) is 3.48. The molecule has 0 aliphatic rings. The van der Waals surface area contributed by atoms with Crippen LogP contribution < -0.4 is 0 Å². The number of hydrogen-bond donors (Lipinski definition) is 0. The summed E-state index contributed by atoms with van der Waals surface area (Å²) >= 11 is 2.79. The molecule has 0 saturated heterocycles. The van der Waals surface area contributed by atoms with Crippen LogP contribution in [0.25, 0.3) is 0 Å². The minimum absolute atomic E-state index is 0.178. The smallest absolute Gasteiger partial charge is 0.254 e. The normalized spacial score (nSPS) is 12.6. The molecule has 0 saturated carbocycles. The number of nitrogens with zero attached hydrogens (tertiary/aromatic N) is 2. The summed E-state index contributed by atoms with van der Waals surface area (Å²) < 4.78 is 39.0. The first-order valence-electron chi connectivity index (χ1n) is 3.97. The Hall–Kier alpha value is -0.520. The van der Waals surface area contributed by atoms with Gasteiger partial charge in [0.1, 0.15) is 5.69 Å². The van der Waals surface area contributed by atoms with Crippen molar-refractivity contribution in [3.05, 3.63) is 16.1 Å². The molecule has 0 amide bonds. The van der Waals surface area contributed by atoms with Crippen LogP contribution in [0.3, 0.4) is 0 Å². The van der Waals surface area contributed by atoms with Crippen molar-refractivity contribution < 1.29 is 13.2 Å². The molecule has 1 rings (SSSR count). The maximum absolute atomic E-state index is 13.2. The summed E-state index contributed by atoms with van der Waals surface area (Å²) in [6.07, 6.45) is -2.87. The highest BCUT2D eigenvalue weighted by Gasteiger charge is 2.29. The molecule has 1 aromatic rings. The van der Waals surface area contributed by atoms with Crippen LogP contribution in [0.15, 0.2) is 4.60 Å². The van der Waals surface area contributed by atoms with E-state index in [9.17, 15) is 13.2 Å². The Morgan fingerprint density at radius 1 is 1.36 bits per heavy atom. The summed E-state index contributed by atoms with van der Waals surface area (Å²) in [6, 6.07) is 0. The highest BCUT2D eigenvalue weighted by Crippen LogP contribution is 2.30. The van der Waals surface area contributed by atoms with Gasteiger partial charge in [0.2, 0.25) is 0 Å². The second kappa shape index (κ2) is 3.56. The maximum atomic E-state index is 13.2. The zero-order valence-corrected chi connectivity index (χ0v) is 9.57. The topological polar surface area (TPSA) is 17.8 Å². The molecule has 0 atom stereocenters. The zero-order chi connectivity index (χ0) is 11.1. The van der Waals surface area contributed by atoms with E-state index in [0.29, 0.717) is 0 Å². The fourth-order valence-corrected chi connectivity index (χ4v) is 1.45. The molecule has 0 unspecified atom stereocenters. The second-order valence-electron chi connectivity index (χ2n) is 3.87. The van der Waals surface area contributed by atoms with E-state index < -0.39 is 23.5 Å². The summed E-state index contributed by atoms with van der Waals surface area (Å²) in [5.74, 6) is -0.991. The third-order valence-electron chi connectivity index (χ3n) is 1.66. The number of hydrogen-bond acceptors (Lipinski definition) is 1. The molecule has 0 aromatic carbocycles. The monoisotopic (exact) mass is 270 g/mol. The molecular weight excluding hydrogens is 261 g/mol. The molecule has 0 aliphatic heterocycles. The van der Waals surface area contributed by atoms with Crippen molar-refractivity contribution >= 4 is 15.9 Å². The van der Waals surface area contributed by atoms with Crippen LogP contribution in [-0.4, -0.2) is 9.78 Å². The Balaban J connectivity index is 3.37. The first-order chi connectivity index (χ1) is 6.25. The summed E-state index contributed by atoms with van der Waals surface area (Å²) in [6.45, 7) is 5.04. The molecule has 0 bridgehead atoms. The van der Waals surface area contributed by atoms with Crippen LogP contribution in [0.2, 0.25) is 0 Å². The van der Waals surface area contributed by atoms with Gasteiger partial charge in [0, 0.05) is 0 Å². The lowest BCUT2D eigenvalue weighted by Gasteiger charge is -2.21. The van der Waals surface area contributed by atoms with E-state index >= 15 is 0 Å². The molecule has 1 aromatic heterocycles. The maximum Gasteiger partial charge on any atom is 0.283 e. The van der Waals surface area contributed by atoms with Crippen molar-refractivity contribution in [2.24, 2.45) is 0 Å². The molecule has 14 heavy (non-hydrogen) atoms. The van der Waals surface area contributed by atoms with E-state index in [2.05, 4.69) is 21.0 Å². The van der Waals surface area contributed by atoms with Crippen LogP contribution in [0, 0.1) is 5.82 Å². The van der Waals surface area contributed by atoms with E-state index in [0.717, 1.165) is 4.68 Å². The quantitative estimate of drug-likeness (QED) is 0.764. The van der Waals surface area contributed by atoms with Gasteiger partial charge in [0.25, 0.3) is 6.43 Å². The summed E-state index contributed by atoms with van der Waals surface area (Å²) in [5, 5.41) is 3.68. The minimum atomic E-state index is -2.87. The largest absolute Gasteiger partial charge is 0.283 e. The Morgan fingerprint density at radius 3 is 2.14 bits per heavy atom. The van der Waals surface area contributed by atoms with Crippen molar-refractivity contribution in [1.29, 1.82) is 0 Å². The van der Waals surface area contributed by atoms with Gasteiger partial charge in [-0.3, -0.25) is 4.68 Å². The fourth-order valence-electron chi connectivity index (χ4n) is 1.08. The SMILES string of the molecule is CC(C)(C)n1nc(Br)c(F)c1C(F)F. The Kier molecular flexibility index (Phi) is 2.94. The number of rotatable bonds is 1.